The molecule has 31 heavy (non-hydrogen) atoms. The summed E-state index contributed by atoms with van der Waals surface area (Å²) in [7, 11) is -4.00. The minimum atomic E-state index is -4.00. The second kappa shape index (κ2) is 10.2. The van der Waals surface area contributed by atoms with Gasteiger partial charge in [0.2, 0.25) is 5.91 Å². The van der Waals surface area contributed by atoms with Crippen molar-refractivity contribution in [2.75, 3.05) is 17.4 Å². The van der Waals surface area contributed by atoms with Gasteiger partial charge in [0, 0.05) is 6.54 Å². The number of halogens is 2. The van der Waals surface area contributed by atoms with Crippen molar-refractivity contribution < 1.29 is 13.2 Å². The number of carbonyl (C=O) groups is 1. The predicted molar refractivity (Wildman–Crippen MR) is 125 cm³/mol. The van der Waals surface area contributed by atoms with E-state index in [-0.39, 0.29) is 21.5 Å². The maximum absolute atomic E-state index is 13.3. The fourth-order valence-electron chi connectivity index (χ4n) is 3.03. The first-order valence-electron chi connectivity index (χ1n) is 9.63. The van der Waals surface area contributed by atoms with E-state index in [0.717, 1.165) is 9.87 Å². The van der Waals surface area contributed by atoms with Gasteiger partial charge in [-0.2, -0.15) is 0 Å². The molecule has 3 aromatic carbocycles. The molecule has 0 saturated carbocycles. The molecule has 0 spiro atoms. The predicted octanol–water partition coefficient (Wildman–Crippen LogP) is 5.11. The highest BCUT2D eigenvalue weighted by Gasteiger charge is 2.27. The number of hydrogen-bond acceptors (Lipinski definition) is 3. The van der Waals surface area contributed by atoms with Crippen LogP contribution in [0.2, 0.25) is 10.0 Å². The van der Waals surface area contributed by atoms with Gasteiger partial charge in [0.25, 0.3) is 10.0 Å². The van der Waals surface area contributed by atoms with E-state index >= 15 is 0 Å². The van der Waals surface area contributed by atoms with E-state index in [9.17, 15) is 13.2 Å². The lowest BCUT2D eigenvalue weighted by atomic mass is 10.0. The largest absolute Gasteiger partial charge is 0.354 e. The second-order valence-corrected chi connectivity index (χ2v) is 9.72. The first-order valence-corrected chi connectivity index (χ1v) is 11.8. The highest BCUT2D eigenvalue weighted by molar-refractivity contribution is 7.92. The zero-order valence-electron chi connectivity index (χ0n) is 16.8. The van der Waals surface area contributed by atoms with Crippen molar-refractivity contribution in [1.29, 1.82) is 0 Å². The van der Waals surface area contributed by atoms with Gasteiger partial charge in [-0.1, -0.05) is 78.7 Å². The summed E-state index contributed by atoms with van der Waals surface area (Å²) in [5.41, 5.74) is 1.34. The fourth-order valence-corrected chi connectivity index (χ4v) is 4.75. The van der Waals surface area contributed by atoms with E-state index in [2.05, 4.69) is 5.32 Å². The summed E-state index contributed by atoms with van der Waals surface area (Å²) in [5.74, 6) is -0.345. The monoisotopic (exact) mass is 476 g/mol. The normalized spacial score (nSPS) is 12.2. The van der Waals surface area contributed by atoms with Crippen LogP contribution in [0.25, 0.3) is 0 Å². The molecule has 0 saturated heterocycles. The smallest absolute Gasteiger partial charge is 0.264 e. The summed E-state index contributed by atoms with van der Waals surface area (Å²) in [6.07, 6.45) is 0. The maximum atomic E-state index is 13.3. The zero-order valence-corrected chi connectivity index (χ0v) is 19.2. The van der Waals surface area contributed by atoms with Crippen LogP contribution >= 0.6 is 23.2 Å². The Labute approximate surface area is 192 Å². The van der Waals surface area contributed by atoms with E-state index in [1.165, 1.54) is 30.3 Å². The van der Waals surface area contributed by atoms with Crippen LogP contribution in [0.3, 0.4) is 0 Å². The van der Waals surface area contributed by atoms with Gasteiger partial charge in [0.1, 0.15) is 6.54 Å². The molecule has 1 atom stereocenters. The van der Waals surface area contributed by atoms with Gasteiger partial charge in [0.15, 0.2) is 0 Å². The standard InChI is InChI=1S/C23H22Cl2N2O3S/c1-17(18-8-4-2-5-9-18)15-26-23(28)16-27(19-12-13-21(24)22(25)14-19)31(29,30)20-10-6-3-7-11-20/h2-14,17H,15-16H2,1H3,(H,26,28). The topological polar surface area (TPSA) is 66.5 Å². The molecule has 162 valence electrons. The number of carbonyl (C=O) groups excluding carboxylic acids is 1. The number of sulfonamides is 1. The maximum Gasteiger partial charge on any atom is 0.264 e. The summed E-state index contributed by atoms with van der Waals surface area (Å²) < 4.78 is 27.6. The van der Waals surface area contributed by atoms with Crippen molar-refractivity contribution in [3.8, 4) is 0 Å². The molecule has 5 nitrogen and oxygen atoms in total. The van der Waals surface area contributed by atoms with E-state index in [4.69, 9.17) is 23.2 Å². The highest BCUT2D eigenvalue weighted by Crippen LogP contribution is 2.30. The van der Waals surface area contributed by atoms with Crippen molar-refractivity contribution in [3.05, 3.63) is 94.5 Å². The molecule has 0 radical (unpaired) electrons. The van der Waals surface area contributed by atoms with Crippen LogP contribution < -0.4 is 9.62 Å². The minimum Gasteiger partial charge on any atom is -0.354 e. The molecule has 0 aliphatic heterocycles. The van der Waals surface area contributed by atoms with Crippen molar-refractivity contribution >= 4 is 44.8 Å². The third kappa shape index (κ3) is 5.79. The Balaban J connectivity index is 1.83. The average Bonchev–Trinajstić information content (AvgIpc) is 2.79. The number of benzene rings is 3. The molecule has 1 N–H and O–H groups in total. The Kier molecular flexibility index (Phi) is 7.59. The molecule has 8 heteroatoms. The van der Waals surface area contributed by atoms with Crippen LogP contribution in [0.15, 0.2) is 83.8 Å². The van der Waals surface area contributed by atoms with Gasteiger partial charge in [-0.05, 0) is 41.8 Å². The molecule has 0 aromatic heterocycles. The SMILES string of the molecule is CC(CNC(=O)CN(c1ccc(Cl)c(Cl)c1)S(=O)(=O)c1ccccc1)c1ccccc1. The van der Waals surface area contributed by atoms with Gasteiger partial charge in [-0.15, -0.1) is 0 Å². The number of anilines is 1. The van der Waals surface area contributed by atoms with Crippen molar-refractivity contribution in [3.63, 3.8) is 0 Å². The molecule has 1 amide bonds. The minimum absolute atomic E-state index is 0.0755. The summed E-state index contributed by atoms with van der Waals surface area (Å²) >= 11 is 12.1. The van der Waals surface area contributed by atoms with Crippen LogP contribution in [-0.2, 0) is 14.8 Å². The first-order chi connectivity index (χ1) is 14.8. The van der Waals surface area contributed by atoms with Crippen LogP contribution in [0, 0.1) is 0 Å². The Morgan fingerprint density at radius 3 is 2.16 bits per heavy atom. The summed E-state index contributed by atoms with van der Waals surface area (Å²) in [5, 5.41) is 3.32. The molecule has 0 heterocycles. The van der Waals surface area contributed by atoms with E-state index in [1.54, 1.807) is 18.2 Å². The number of rotatable bonds is 8. The fraction of sp³-hybridized carbons (Fsp3) is 0.174. The number of nitrogens with zero attached hydrogens (tertiary/aromatic N) is 1. The first kappa shape index (κ1) is 23.1. The molecule has 0 aliphatic carbocycles. The van der Waals surface area contributed by atoms with Crippen LogP contribution in [-0.4, -0.2) is 27.4 Å². The van der Waals surface area contributed by atoms with E-state index in [1.807, 2.05) is 37.3 Å². The van der Waals surface area contributed by atoms with Gasteiger partial charge >= 0.3 is 0 Å². The Morgan fingerprint density at radius 2 is 1.55 bits per heavy atom. The van der Waals surface area contributed by atoms with Gasteiger partial charge in [0.05, 0.1) is 20.6 Å². The van der Waals surface area contributed by atoms with E-state index in [0.29, 0.717) is 11.6 Å². The van der Waals surface area contributed by atoms with Crippen LogP contribution in [0.5, 0.6) is 0 Å². The van der Waals surface area contributed by atoms with Gasteiger partial charge < -0.3 is 5.32 Å². The van der Waals surface area contributed by atoms with Crippen LogP contribution in [0.4, 0.5) is 5.69 Å². The summed E-state index contributed by atoms with van der Waals surface area (Å²) in [6, 6.07) is 22.2. The molecular weight excluding hydrogens is 455 g/mol. The molecular formula is C23H22Cl2N2O3S. The number of amides is 1. The molecule has 1 unspecified atom stereocenters. The van der Waals surface area contributed by atoms with Crippen molar-refractivity contribution in [2.45, 2.75) is 17.7 Å². The lowest BCUT2D eigenvalue weighted by molar-refractivity contribution is -0.119. The quantitative estimate of drug-likeness (QED) is 0.491. The molecule has 0 aliphatic rings. The highest BCUT2D eigenvalue weighted by atomic mass is 35.5. The molecule has 0 bridgehead atoms. The van der Waals surface area contributed by atoms with Crippen LogP contribution in [0.1, 0.15) is 18.4 Å². The summed E-state index contributed by atoms with van der Waals surface area (Å²) in [4.78, 5) is 12.8. The third-order valence-electron chi connectivity index (χ3n) is 4.78. The second-order valence-electron chi connectivity index (χ2n) is 7.04. The van der Waals surface area contributed by atoms with Crippen molar-refractivity contribution in [2.24, 2.45) is 0 Å². The van der Waals surface area contributed by atoms with Gasteiger partial charge in [-0.3, -0.25) is 9.10 Å². The number of nitrogens with one attached hydrogen (secondary N) is 1. The Morgan fingerprint density at radius 1 is 0.935 bits per heavy atom. The Bertz CT molecular complexity index is 1140. The zero-order chi connectivity index (χ0) is 22.4. The summed E-state index contributed by atoms with van der Waals surface area (Å²) in [6.45, 7) is 1.98. The Hall–Kier alpha value is -2.54. The molecule has 3 rings (SSSR count). The molecule has 3 aromatic rings. The lowest BCUT2D eigenvalue weighted by Crippen LogP contribution is -2.41. The average molecular weight is 477 g/mol. The van der Waals surface area contributed by atoms with E-state index < -0.39 is 22.5 Å². The lowest BCUT2D eigenvalue weighted by Gasteiger charge is -2.25. The molecule has 0 fully saturated rings. The van der Waals surface area contributed by atoms with Crippen molar-refractivity contribution in [1.82, 2.24) is 5.32 Å². The van der Waals surface area contributed by atoms with Gasteiger partial charge in [-0.25, -0.2) is 8.42 Å². The third-order valence-corrected chi connectivity index (χ3v) is 7.31. The number of hydrogen-bond donors (Lipinski definition) is 1.